The van der Waals surface area contributed by atoms with E-state index in [0.717, 1.165) is 22.4 Å². The number of anilines is 1. The highest BCUT2D eigenvalue weighted by Gasteiger charge is 2.39. The summed E-state index contributed by atoms with van der Waals surface area (Å²) in [5.41, 5.74) is 4.17. The van der Waals surface area contributed by atoms with Crippen molar-refractivity contribution in [2.24, 2.45) is 0 Å². The van der Waals surface area contributed by atoms with E-state index in [1.165, 1.54) is 17.0 Å². The smallest absolute Gasteiger partial charge is 0.240 e. The normalized spacial score (nSPS) is 15.8. The molecule has 7 nitrogen and oxygen atoms in total. The molecule has 0 saturated carbocycles. The number of fused-ring (bicyclic) bond motifs is 1. The Morgan fingerprint density at radius 3 is 2.61 bits per heavy atom. The van der Waals surface area contributed by atoms with E-state index in [4.69, 9.17) is 9.84 Å². The molecule has 1 aliphatic heterocycles. The molecule has 38 heavy (non-hydrogen) atoms. The summed E-state index contributed by atoms with van der Waals surface area (Å²) in [6, 6.07) is 14.3. The van der Waals surface area contributed by atoms with Crippen molar-refractivity contribution in [2.45, 2.75) is 44.8 Å². The van der Waals surface area contributed by atoms with Crippen LogP contribution in [0.1, 0.15) is 54.8 Å². The number of thioether (sulfide) groups is 1. The van der Waals surface area contributed by atoms with Crippen molar-refractivity contribution < 1.29 is 18.7 Å². The number of benzene rings is 2. The highest BCUT2D eigenvalue weighted by molar-refractivity contribution is 8.00. The number of amides is 2. The van der Waals surface area contributed by atoms with Crippen LogP contribution in [0.15, 0.2) is 48.5 Å². The van der Waals surface area contributed by atoms with Gasteiger partial charge in [-0.05, 0) is 43.2 Å². The zero-order valence-corrected chi connectivity index (χ0v) is 23.4. The van der Waals surface area contributed by atoms with Crippen LogP contribution in [0, 0.1) is 12.7 Å². The number of rotatable bonds is 8. The number of carbonyl (C=O) groups excluding carboxylic acids is 2. The van der Waals surface area contributed by atoms with Crippen LogP contribution >= 0.6 is 11.8 Å². The largest absolute Gasteiger partial charge is 0.385 e. The van der Waals surface area contributed by atoms with Crippen LogP contribution < -0.4 is 10.2 Å². The third kappa shape index (κ3) is 6.10. The molecule has 0 saturated heterocycles. The number of hydrogen-bond acceptors (Lipinski definition) is 5. The zero-order chi connectivity index (χ0) is 27.4. The number of hydrogen-bond donors (Lipinski definition) is 1. The Morgan fingerprint density at radius 2 is 1.95 bits per heavy atom. The van der Waals surface area contributed by atoms with Crippen LogP contribution in [-0.2, 0) is 19.7 Å². The fourth-order valence-corrected chi connectivity index (χ4v) is 5.76. The lowest BCUT2D eigenvalue weighted by atomic mass is 9.87. The quantitative estimate of drug-likeness (QED) is 0.411. The molecule has 1 aliphatic rings. The summed E-state index contributed by atoms with van der Waals surface area (Å²) in [5.74, 6) is -0.0440. The maximum Gasteiger partial charge on any atom is 0.240 e. The first kappa shape index (κ1) is 27.9. The van der Waals surface area contributed by atoms with E-state index in [1.54, 1.807) is 35.7 Å². The number of methoxy groups -OCH3 is 1. The molecule has 2 amide bonds. The van der Waals surface area contributed by atoms with Crippen molar-refractivity contribution in [2.75, 3.05) is 37.5 Å². The van der Waals surface area contributed by atoms with Gasteiger partial charge >= 0.3 is 0 Å². The number of nitrogens with one attached hydrogen (secondary N) is 1. The summed E-state index contributed by atoms with van der Waals surface area (Å²) in [5, 5.41) is 7.74. The Morgan fingerprint density at radius 1 is 1.21 bits per heavy atom. The topological polar surface area (TPSA) is 76.5 Å². The molecule has 1 aromatic heterocycles. The van der Waals surface area contributed by atoms with Gasteiger partial charge in [0.2, 0.25) is 11.8 Å². The summed E-state index contributed by atoms with van der Waals surface area (Å²) >= 11 is 1.54. The van der Waals surface area contributed by atoms with Gasteiger partial charge < -0.3 is 10.1 Å². The first-order valence-corrected chi connectivity index (χ1v) is 13.8. The Balaban J connectivity index is 1.90. The van der Waals surface area contributed by atoms with Gasteiger partial charge in [-0.3, -0.25) is 14.5 Å². The molecule has 4 rings (SSSR count). The van der Waals surface area contributed by atoms with Crippen LogP contribution in [-0.4, -0.2) is 54.2 Å². The lowest BCUT2D eigenvalue weighted by Crippen LogP contribution is -2.42. The number of aryl methyl sites for hydroxylation is 1. The van der Waals surface area contributed by atoms with Crippen LogP contribution in [0.25, 0.3) is 5.69 Å². The number of carbonyl (C=O) groups is 2. The summed E-state index contributed by atoms with van der Waals surface area (Å²) in [6.45, 7) is 9.15. The van der Waals surface area contributed by atoms with Gasteiger partial charge in [0.1, 0.15) is 18.2 Å². The van der Waals surface area contributed by atoms with Gasteiger partial charge in [-0.1, -0.05) is 50.6 Å². The predicted octanol–water partition coefficient (Wildman–Crippen LogP) is 4.94. The molecule has 1 atom stereocenters. The van der Waals surface area contributed by atoms with Gasteiger partial charge in [-0.25, -0.2) is 9.07 Å². The second-order valence-electron chi connectivity index (χ2n) is 10.5. The second-order valence-corrected chi connectivity index (χ2v) is 11.6. The van der Waals surface area contributed by atoms with Crippen LogP contribution in [0.2, 0.25) is 0 Å². The Labute approximate surface area is 227 Å². The monoisotopic (exact) mass is 538 g/mol. The molecule has 2 heterocycles. The van der Waals surface area contributed by atoms with Crippen molar-refractivity contribution in [3.63, 3.8) is 0 Å². The van der Waals surface area contributed by atoms with Crippen molar-refractivity contribution in [1.29, 1.82) is 0 Å². The SMILES string of the molecule is COCCCNC(=O)CN1C(=O)CS[C@H](c2cccc(C)c2)c2c(C(C)(C)C)nn(-c3ccc(F)cc3)c21. The van der Waals surface area contributed by atoms with E-state index in [1.807, 2.05) is 19.1 Å². The average molecular weight is 539 g/mol. The summed E-state index contributed by atoms with van der Waals surface area (Å²) in [7, 11) is 1.62. The number of ether oxygens (including phenoxy) is 1. The van der Waals surface area contributed by atoms with Crippen molar-refractivity contribution in [1.82, 2.24) is 15.1 Å². The van der Waals surface area contributed by atoms with Crippen LogP contribution in [0.3, 0.4) is 0 Å². The molecule has 1 N–H and O–H groups in total. The first-order valence-electron chi connectivity index (χ1n) is 12.7. The highest BCUT2D eigenvalue weighted by Crippen LogP contribution is 2.48. The maximum atomic E-state index is 13.8. The molecule has 202 valence electrons. The highest BCUT2D eigenvalue weighted by atomic mass is 32.2. The molecule has 2 aromatic carbocycles. The number of aromatic nitrogens is 2. The van der Waals surface area contributed by atoms with E-state index in [2.05, 4.69) is 38.2 Å². The predicted molar refractivity (Wildman–Crippen MR) is 150 cm³/mol. The fraction of sp³-hybridized carbons (Fsp3) is 0.414. The molecule has 0 radical (unpaired) electrons. The van der Waals surface area contributed by atoms with Crippen molar-refractivity contribution in [3.05, 3.63) is 76.7 Å². The Bertz CT molecular complexity index is 1300. The van der Waals surface area contributed by atoms with E-state index in [0.29, 0.717) is 31.1 Å². The third-order valence-corrected chi connectivity index (χ3v) is 7.62. The summed E-state index contributed by atoms with van der Waals surface area (Å²) in [6.07, 6.45) is 0.675. The summed E-state index contributed by atoms with van der Waals surface area (Å²) in [4.78, 5) is 28.2. The van der Waals surface area contributed by atoms with E-state index < -0.39 is 0 Å². The van der Waals surface area contributed by atoms with Gasteiger partial charge in [0.25, 0.3) is 0 Å². The maximum absolute atomic E-state index is 13.8. The molecule has 0 fully saturated rings. The molecule has 0 unspecified atom stereocenters. The zero-order valence-electron chi connectivity index (χ0n) is 22.6. The van der Waals surface area contributed by atoms with Gasteiger partial charge in [0.05, 0.1) is 22.4 Å². The minimum atomic E-state index is -0.362. The van der Waals surface area contributed by atoms with Gasteiger partial charge in [0.15, 0.2) is 0 Å². The second kappa shape index (κ2) is 11.7. The lowest BCUT2D eigenvalue weighted by Gasteiger charge is -2.24. The van der Waals surface area contributed by atoms with E-state index >= 15 is 0 Å². The first-order chi connectivity index (χ1) is 18.1. The van der Waals surface area contributed by atoms with E-state index in [9.17, 15) is 14.0 Å². The molecule has 0 bridgehead atoms. The molecular formula is C29H35FN4O3S. The van der Waals surface area contributed by atoms with Gasteiger partial charge in [-0.2, -0.15) is 5.10 Å². The van der Waals surface area contributed by atoms with Gasteiger partial charge in [-0.15, -0.1) is 11.8 Å². The molecule has 0 aliphatic carbocycles. The average Bonchev–Trinajstić information content (AvgIpc) is 3.20. The van der Waals surface area contributed by atoms with Crippen LogP contribution in [0.4, 0.5) is 10.2 Å². The fourth-order valence-electron chi connectivity index (χ4n) is 4.58. The van der Waals surface area contributed by atoms with Crippen molar-refractivity contribution >= 4 is 29.4 Å². The Kier molecular flexibility index (Phi) is 8.57. The molecular weight excluding hydrogens is 503 g/mol. The molecule has 0 spiro atoms. The molecule has 9 heteroatoms. The van der Waals surface area contributed by atoms with Gasteiger partial charge in [0, 0.05) is 31.2 Å². The Hall–Kier alpha value is -3.17. The van der Waals surface area contributed by atoms with Crippen LogP contribution in [0.5, 0.6) is 0 Å². The minimum absolute atomic E-state index is 0.142. The standard InChI is InChI=1S/C29H35FN4O3S/c1-19-8-6-9-20(16-19)26-25-27(29(2,3)4)32-34(22-12-10-21(30)11-13-22)28(25)33(24(36)18-38-26)17-23(35)31-14-7-15-37-5/h6,8-13,16,26H,7,14-15,17-18H2,1-5H3,(H,31,35)/t26-/m1/s1. The number of halogens is 1. The number of nitrogens with zero attached hydrogens (tertiary/aromatic N) is 3. The third-order valence-electron chi connectivity index (χ3n) is 6.36. The van der Waals surface area contributed by atoms with Crippen molar-refractivity contribution in [3.8, 4) is 5.69 Å². The minimum Gasteiger partial charge on any atom is -0.385 e. The molecule has 3 aromatic rings. The summed E-state index contributed by atoms with van der Waals surface area (Å²) < 4.78 is 20.6. The lowest BCUT2D eigenvalue weighted by molar-refractivity contribution is -0.122. The van der Waals surface area contributed by atoms with E-state index in [-0.39, 0.29) is 40.6 Å².